The van der Waals surface area contributed by atoms with Gasteiger partial charge in [0.15, 0.2) is 0 Å². The Balaban J connectivity index is 2.05. The van der Waals surface area contributed by atoms with E-state index >= 15 is 0 Å². The van der Waals surface area contributed by atoms with E-state index in [1.165, 1.54) is 41.8 Å². The molecule has 152 valence electrons. The van der Waals surface area contributed by atoms with Crippen LogP contribution in [0, 0.1) is 10.1 Å². The Kier molecular flexibility index (Phi) is 6.65. The van der Waals surface area contributed by atoms with Gasteiger partial charge in [0.2, 0.25) is 11.8 Å². The maximum Gasteiger partial charge on any atom is 0.270 e. The fraction of sp³-hybridized carbons (Fsp3) is 0.500. The summed E-state index contributed by atoms with van der Waals surface area (Å²) in [6, 6.07) is 3.79. The normalized spacial score (nSPS) is 17.7. The SMILES string of the molecule is CC(NC(=O)c1cccc([N+](=O)[O-])c1)C(=O)N1CSCC1C(=O)NC(C)(C)C. The average Bonchev–Trinajstić information content (AvgIpc) is 3.09. The third-order valence-corrected chi connectivity index (χ3v) is 5.02. The summed E-state index contributed by atoms with van der Waals surface area (Å²) < 4.78 is 0. The molecule has 2 N–H and O–H groups in total. The van der Waals surface area contributed by atoms with Gasteiger partial charge in [0, 0.05) is 29.0 Å². The summed E-state index contributed by atoms with van der Waals surface area (Å²) in [4.78, 5) is 49.3. The van der Waals surface area contributed by atoms with Crippen LogP contribution in [0.3, 0.4) is 0 Å². The standard InChI is InChI=1S/C18H24N4O5S/c1-11(19-15(23)12-6-5-7-13(8-12)22(26)27)17(25)21-10-28-9-14(21)16(24)20-18(2,3)4/h5-8,11,14H,9-10H2,1-4H3,(H,19,23)(H,20,24). The minimum Gasteiger partial charge on any atom is -0.350 e. The van der Waals surface area contributed by atoms with Crippen LogP contribution >= 0.6 is 11.8 Å². The Hall–Kier alpha value is -2.62. The Morgan fingerprint density at radius 3 is 2.61 bits per heavy atom. The molecule has 1 saturated heterocycles. The second-order valence-electron chi connectivity index (χ2n) is 7.57. The van der Waals surface area contributed by atoms with Gasteiger partial charge in [-0.05, 0) is 33.8 Å². The summed E-state index contributed by atoms with van der Waals surface area (Å²) in [5, 5.41) is 16.3. The third-order valence-electron chi connectivity index (χ3n) is 4.00. The first-order chi connectivity index (χ1) is 13.0. The highest BCUT2D eigenvalue weighted by atomic mass is 32.2. The highest BCUT2D eigenvalue weighted by molar-refractivity contribution is 7.99. The first-order valence-corrected chi connectivity index (χ1v) is 9.90. The number of hydrogen-bond acceptors (Lipinski definition) is 6. The molecular formula is C18H24N4O5S. The first kappa shape index (κ1) is 21.7. The Morgan fingerprint density at radius 2 is 2.00 bits per heavy atom. The Morgan fingerprint density at radius 1 is 1.32 bits per heavy atom. The van der Waals surface area contributed by atoms with Gasteiger partial charge in [0.25, 0.3) is 11.6 Å². The number of rotatable bonds is 5. The summed E-state index contributed by atoms with van der Waals surface area (Å²) in [6.45, 7) is 7.11. The molecule has 0 aromatic heterocycles. The zero-order chi connectivity index (χ0) is 21.1. The predicted molar refractivity (Wildman–Crippen MR) is 106 cm³/mol. The number of thioether (sulfide) groups is 1. The lowest BCUT2D eigenvalue weighted by Gasteiger charge is -2.29. The topological polar surface area (TPSA) is 122 Å². The highest BCUT2D eigenvalue weighted by Crippen LogP contribution is 2.23. The van der Waals surface area contributed by atoms with E-state index in [1.54, 1.807) is 0 Å². The molecule has 28 heavy (non-hydrogen) atoms. The monoisotopic (exact) mass is 408 g/mol. The molecule has 0 bridgehead atoms. The summed E-state index contributed by atoms with van der Waals surface area (Å²) >= 11 is 1.47. The fourth-order valence-electron chi connectivity index (χ4n) is 2.68. The van der Waals surface area contributed by atoms with E-state index in [9.17, 15) is 24.5 Å². The van der Waals surface area contributed by atoms with Crippen LogP contribution in [-0.2, 0) is 9.59 Å². The molecule has 1 aromatic carbocycles. The van der Waals surface area contributed by atoms with Crippen molar-refractivity contribution in [3.05, 3.63) is 39.9 Å². The zero-order valence-corrected chi connectivity index (χ0v) is 17.0. The molecule has 1 aliphatic heterocycles. The number of carbonyl (C=O) groups excluding carboxylic acids is 3. The van der Waals surface area contributed by atoms with E-state index < -0.39 is 28.5 Å². The predicted octanol–water partition coefficient (Wildman–Crippen LogP) is 1.53. The van der Waals surface area contributed by atoms with Crippen LogP contribution in [0.4, 0.5) is 5.69 Å². The maximum atomic E-state index is 12.8. The molecule has 3 amide bonds. The van der Waals surface area contributed by atoms with Crippen LogP contribution in [0.1, 0.15) is 38.1 Å². The summed E-state index contributed by atoms with van der Waals surface area (Å²) in [7, 11) is 0. The molecule has 0 aliphatic carbocycles. The molecule has 1 aliphatic rings. The van der Waals surface area contributed by atoms with Gasteiger partial charge < -0.3 is 15.5 Å². The second kappa shape index (κ2) is 8.59. The first-order valence-electron chi connectivity index (χ1n) is 8.75. The molecule has 0 radical (unpaired) electrons. The molecule has 2 atom stereocenters. The number of amides is 3. The zero-order valence-electron chi connectivity index (χ0n) is 16.2. The summed E-state index contributed by atoms with van der Waals surface area (Å²) in [5.41, 5.74) is -0.533. The lowest BCUT2D eigenvalue weighted by molar-refractivity contribution is -0.384. The number of nitro groups is 1. The van der Waals surface area contributed by atoms with Gasteiger partial charge in [-0.25, -0.2) is 0 Å². The lowest BCUT2D eigenvalue weighted by atomic mass is 10.1. The van der Waals surface area contributed by atoms with E-state index in [-0.39, 0.29) is 23.1 Å². The van der Waals surface area contributed by atoms with Crippen LogP contribution in [-0.4, -0.2) is 56.8 Å². The molecule has 9 nitrogen and oxygen atoms in total. The van der Waals surface area contributed by atoms with Crippen LogP contribution in [0.5, 0.6) is 0 Å². The van der Waals surface area contributed by atoms with E-state index in [4.69, 9.17) is 0 Å². The number of carbonyl (C=O) groups is 3. The summed E-state index contributed by atoms with van der Waals surface area (Å²) in [6.07, 6.45) is 0. The number of benzene rings is 1. The van der Waals surface area contributed by atoms with Gasteiger partial charge >= 0.3 is 0 Å². The summed E-state index contributed by atoms with van der Waals surface area (Å²) in [5.74, 6) is -0.356. The van der Waals surface area contributed by atoms with Crippen LogP contribution in [0.2, 0.25) is 0 Å². The smallest absolute Gasteiger partial charge is 0.270 e. The number of hydrogen-bond donors (Lipinski definition) is 2. The highest BCUT2D eigenvalue weighted by Gasteiger charge is 2.37. The van der Waals surface area contributed by atoms with Crippen molar-refractivity contribution < 1.29 is 19.3 Å². The van der Waals surface area contributed by atoms with Crippen LogP contribution in [0.25, 0.3) is 0 Å². The largest absolute Gasteiger partial charge is 0.350 e. The minimum absolute atomic E-state index is 0.0895. The van der Waals surface area contributed by atoms with Crippen molar-refractivity contribution in [1.29, 1.82) is 0 Å². The van der Waals surface area contributed by atoms with Crippen molar-refractivity contribution in [3.63, 3.8) is 0 Å². The quantitative estimate of drug-likeness (QED) is 0.563. The second-order valence-corrected chi connectivity index (χ2v) is 8.57. The lowest BCUT2D eigenvalue weighted by Crippen LogP contribution is -2.55. The number of nitro benzene ring substituents is 1. The molecule has 2 unspecified atom stereocenters. The number of non-ortho nitro benzene ring substituents is 1. The van der Waals surface area contributed by atoms with Crippen molar-refractivity contribution in [3.8, 4) is 0 Å². The third kappa shape index (κ3) is 5.44. The van der Waals surface area contributed by atoms with E-state index in [2.05, 4.69) is 10.6 Å². The van der Waals surface area contributed by atoms with Crippen molar-refractivity contribution in [2.45, 2.75) is 45.3 Å². The molecule has 1 aromatic rings. The van der Waals surface area contributed by atoms with E-state index in [0.717, 1.165) is 6.07 Å². The Bertz CT molecular complexity index is 792. The number of nitrogens with one attached hydrogen (secondary N) is 2. The van der Waals surface area contributed by atoms with Gasteiger partial charge in [-0.1, -0.05) is 6.07 Å². The molecule has 1 fully saturated rings. The van der Waals surface area contributed by atoms with Crippen LogP contribution < -0.4 is 10.6 Å². The van der Waals surface area contributed by atoms with Crippen molar-refractivity contribution >= 4 is 35.2 Å². The average molecular weight is 408 g/mol. The molecule has 2 rings (SSSR count). The van der Waals surface area contributed by atoms with Crippen molar-refractivity contribution in [2.75, 3.05) is 11.6 Å². The fourth-order valence-corrected chi connectivity index (χ4v) is 3.85. The molecule has 1 heterocycles. The molecular weight excluding hydrogens is 384 g/mol. The van der Waals surface area contributed by atoms with Gasteiger partial charge in [0.1, 0.15) is 12.1 Å². The molecule has 0 saturated carbocycles. The number of nitrogens with zero attached hydrogens (tertiary/aromatic N) is 2. The Labute approximate surface area is 167 Å². The van der Waals surface area contributed by atoms with E-state index in [0.29, 0.717) is 11.6 Å². The van der Waals surface area contributed by atoms with Gasteiger partial charge in [0.05, 0.1) is 10.8 Å². The van der Waals surface area contributed by atoms with Gasteiger partial charge in [-0.2, -0.15) is 0 Å². The van der Waals surface area contributed by atoms with Gasteiger partial charge in [-0.15, -0.1) is 11.8 Å². The molecule has 0 spiro atoms. The minimum atomic E-state index is -0.879. The molecule has 10 heteroatoms. The maximum absolute atomic E-state index is 12.8. The van der Waals surface area contributed by atoms with Gasteiger partial charge in [-0.3, -0.25) is 24.5 Å². The van der Waals surface area contributed by atoms with Crippen molar-refractivity contribution in [2.24, 2.45) is 0 Å². The van der Waals surface area contributed by atoms with Crippen molar-refractivity contribution in [1.82, 2.24) is 15.5 Å². The van der Waals surface area contributed by atoms with E-state index in [1.807, 2.05) is 20.8 Å². The van der Waals surface area contributed by atoms with Crippen LogP contribution in [0.15, 0.2) is 24.3 Å².